The first kappa shape index (κ1) is 14.2. The minimum Gasteiger partial charge on any atom is -0.301 e. The van der Waals surface area contributed by atoms with Crippen LogP contribution in [0.1, 0.15) is 11.1 Å². The van der Waals surface area contributed by atoms with E-state index in [4.69, 9.17) is 0 Å². The van der Waals surface area contributed by atoms with Gasteiger partial charge in [-0.1, -0.05) is 24.3 Å². The molecular weight excluding hydrogens is 254 g/mol. The summed E-state index contributed by atoms with van der Waals surface area (Å²) < 4.78 is 1.94. The highest BCUT2D eigenvalue weighted by Crippen LogP contribution is 2.08. The van der Waals surface area contributed by atoms with E-state index in [-0.39, 0.29) is 0 Å². The molecule has 102 valence electrons. The van der Waals surface area contributed by atoms with Crippen LogP contribution < -0.4 is 0 Å². The van der Waals surface area contributed by atoms with Gasteiger partial charge in [-0.3, -0.25) is 4.68 Å². The fraction of sp³-hybridized carbons (Fsp3) is 0.400. The highest BCUT2D eigenvalue weighted by atomic mass is 32.2. The van der Waals surface area contributed by atoms with Crippen LogP contribution >= 0.6 is 11.8 Å². The molecule has 0 atom stereocenters. The topological polar surface area (TPSA) is 21.1 Å². The second kappa shape index (κ2) is 7.36. The highest BCUT2D eigenvalue weighted by Gasteiger charge is 2.01. The van der Waals surface area contributed by atoms with Crippen LogP contribution in [0.25, 0.3) is 0 Å². The Labute approximate surface area is 119 Å². The normalized spacial score (nSPS) is 11.1. The molecule has 4 heteroatoms. The van der Waals surface area contributed by atoms with Gasteiger partial charge in [0.2, 0.25) is 0 Å². The summed E-state index contributed by atoms with van der Waals surface area (Å²) in [4.78, 5) is 2.36. The predicted octanol–water partition coefficient (Wildman–Crippen LogP) is 2.73. The van der Waals surface area contributed by atoms with Gasteiger partial charge in [0.05, 0.1) is 6.54 Å². The van der Waals surface area contributed by atoms with E-state index >= 15 is 0 Å². The van der Waals surface area contributed by atoms with Gasteiger partial charge < -0.3 is 4.90 Å². The van der Waals surface area contributed by atoms with E-state index in [1.165, 1.54) is 16.9 Å². The van der Waals surface area contributed by atoms with Gasteiger partial charge in [0, 0.05) is 31.2 Å². The van der Waals surface area contributed by atoms with Gasteiger partial charge in [-0.25, -0.2) is 0 Å². The SMILES string of the molecule is CSCCN(C)Cc1ccc(Cn2cccn2)cc1. The number of rotatable bonds is 7. The first-order chi connectivity index (χ1) is 9.28. The molecule has 0 N–H and O–H groups in total. The molecule has 1 heterocycles. The van der Waals surface area contributed by atoms with Gasteiger partial charge in [0.15, 0.2) is 0 Å². The van der Waals surface area contributed by atoms with Crippen molar-refractivity contribution in [3.63, 3.8) is 0 Å². The molecule has 0 saturated heterocycles. The summed E-state index contributed by atoms with van der Waals surface area (Å²) in [6.45, 7) is 2.99. The zero-order valence-electron chi connectivity index (χ0n) is 11.6. The second-order valence-electron chi connectivity index (χ2n) is 4.75. The van der Waals surface area contributed by atoms with Crippen molar-refractivity contribution >= 4 is 11.8 Å². The quantitative estimate of drug-likeness (QED) is 0.775. The molecular formula is C15H21N3S. The first-order valence-electron chi connectivity index (χ1n) is 6.50. The van der Waals surface area contributed by atoms with Crippen LogP contribution in [0.5, 0.6) is 0 Å². The summed E-state index contributed by atoms with van der Waals surface area (Å²) in [6, 6.07) is 10.8. The molecule has 0 bridgehead atoms. The average molecular weight is 275 g/mol. The van der Waals surface area contributed by atoms with Gasteiger partial charge in [-0.05, 0) is 30.5 Å². The summed E-state index contributed by atoms with van der Waals surface area (Å²) >= 11 is 1.89. The minimum atomic E-state index is 0.843. The van der Waals surface area contributed by atoms with Crippen molar-refractivity contribution in [3.8, 4) is 0 Å². The lowest BCUT2D eigenvalue weighted by molar-refractivity contribution is 0.349. The number of thioether (sulfide) groups is 1. The molecule has 0 aliphatic rings. The van der Waals surface area contributed by atoms with Crippen molar-refractivity contribution in [2.24, 2.45) is 0 Å². The fourth-order valence-electron chi connectivity index (χ4n) is 1.97. The lowest BCUT2D eigenvalue weighted by atomic mass is 10.1. The number of hydrogen-bond acceptors (Lipinski definition) is 3. The molecule has 1 aromatic heterocycles. The maximum Gasteiger partial charge on any atom is 0.0659 e. The molecule has 0 fully saturated rings. The van der Waals surface area contributed by atoms with Crippen molar-refractivity contribution in [1.82, 2.24) is 14.7 Å². The number of aromatic nitrogens is 2. The van der Waals surface area contributed by atoms with E-state index in [0.29, 0.717) is 0 Å². The van der Waals surface area contributed by atoms with E-state index < -0.39 is 0 Å². The zero-order chi connectivity index (χ0) is 13.5. The lowest BCUT2D eigenvalue weighted by Gasteiger charge is -2.16. The van der Waals surface area contributed by atoms with Gasteiger partial charge >= 0.3 is 0 Å². The van der Waals surface area contributed by atoms with Gasteiger partial charge in [0.1, 0.15) is 0 Å². The Bertz CT molecular complexity index is 465. The molecule has 0 aliphatic heterocycles. The van der Waals surface area contributed by atoms with Crippen LogP contribution in [-0.2, 0) is 13.1 Å². The molecule has 0 amide bonds. The van der Waals surface area contributed by atoms with E-state index in [2.05, 4.69) is 47.6 Å². The molecule has 1 aromatic carbocycles. The van der Waals surface area contributed by atoms with Crippen LogP contribution in [0.15, 0.2) is 42.7 Å². The van der Waals surface area contributed by atoms with Crippen LogP contribution in [-0.4, -0.2) is 40.3 Å². The van der Waals surface area contributed by atoms with Crippen molar-refractivity contribution in [3.05, 3.63) is 53.9 Å². The van der Waals surface area contributed by atoms with Crippen LogP contribution in [0.4, 0.5) is 0 Å². The molecule has 2 rings (SSSR count). The average Bonchev–Trinajstić information content (AvgIpc) is 2.91. The minimum absolute atomic E-state index is 0.843. The smallest absolute Gasteiger partial charge is 0.0659 e. The molecule has 19 heavy (non-hydrogen) atoms. The van der Waals surface area contributed by atoms with E-state index in [1.807, 2.05) is 34.9 Å². The number of hydrogen-bond donors (Lipinski definition) is 0. The third kappa shape index (κ3) is 4.73. The standard InChI is InChI=1S/C15H21N3S/c1-17(10-11-19-2)12-14-4-6-15(7-5-14)13-18-9-3-8-16-18/h3-9H,10-13H2,1-2H3. The Morgan fingerprint density at radius 2 is 1.95 bits per heavy atom. The zero-order valence-corrected chi connectivity index (χ0v) is 12.4. The Kier molecular flexibility index (Phi) is 5.48. The molecule has 0 saturated carbocycles. The fourth-order valence-corrected chi connectivity index (χ4v) is 2.46. The summed E-state index contributed by atoms with van der Waals surface area (Å²) in [5, 5.41) is 4.22. The molecule has 0 unspecified atom stereocenters. The molecule has 2 aromatic rings. The van der Waals surface area contributed by atoms with Crippen LogP contribution in [0.2, 0.25) is 0 Å². The summed E-state index contributed by atoms with van der Waals surface area (Å²) in [7, 11) is 2.17. The van der Waals surface area contributed by atoms with E-state index in [1.54, 1.807) is 0 Å². The first-order valence-corrected chi connectivity index (χ1v) is 7.90. The van der Waals surface area contributed by atoms with Crippen molar-refractivity contribution in [1.29, 1.82) is 0 Å². The number of nitrogens with zero attached hydrogens (tertiary/aromatic N) is 3. The van der Waals surface area contributed by atoms with E-state index in [0.717, 1.165) is 19.6 Å². The van der Waals surface area contributed by atoms with Crippen molar-refractivity contribution in [2.75, 3.05) is 25.6 Å². The maximum atomic E-state index is 4.22. The highest BCUT2D eigenvalue weighted by molar-refractivity contribution is 7.98. The molecule has 3 nitrogen and oxygen atoms in total. The van der Waals surface area contributed by atoms with Gasteiger partial charge in [-0.2, -0.15) is 16.9 Å². The summed E-state index contributed by atoms with van der Waals surface area (Å²) in [5.41, 5.74) is 2.66. The van der Waals surface area contributed by atoms with Gasteiger partial charge in [-0.15, -0.1) is 0 Å². The Balaban J connectivity index is 1.87. The Hall–Kier alpha value is -1.26. The summed E-state index contributed by atoms with van der Waals surface area (Å²) in [6.07, 6.45) is 5.96. The molecule has 0 aliphatic carbocycles. The molecule has 0 spiro atoms. The third-order valence-corrected chi connectivity index (χ3v) is 3.65. The monoisotopic (exact) mass is 275 g/mol. The van der Waals surface area contributed by atoms with Crippen LogP contribution in [0, 0.1) is 0 Å². The predicted molar refractivity (Wildman–Crippen MR) is 82.5 cm³/mol. The molecule has 0 radical (unpaired) electrons. The van der Waals surface area contributed by atoms with E-state index in [9.17, 15) is 0 Å². The maximum absolute atomic E-state index is 4.22. The lowest BCUT2D eigenvalue weighted by Crippen LogP contribution is -2.20. The van der Waals surface area contributed by atoms with Gasteiger partial charge in [0.25, 0.3) is 0 Å². The van der Waals surface area contributed by atoms with Crippen molar-refractivity contribution in [2.45, 2.75) is 13.1 Å². The largest absolute Gasteiger partial charge is 0.301 e. The van der Waals surface area contributed by atoms with Crippen molar-refractivity contribution < 1.29 is 0 Å². The second-order valence-corrected chi connectivity index (χ2v) is 5.74. The van der Waals surface area contributed by atoms with Crippen LogP contribution in [0.3, 0.4) is 0 Å². The third-order valence-electron chi connectivity index (χ3n) is 3.06. The Morgan fingerprint density at radius 3 is 2.58 bits per heavy atom. The Morgan fingerprint density at radius 1 is 1.21 bits per heavy atom. The number of benzene rings is 1. The summed E-state index contributed by atoms with van der Waals surface area (Å²) in [5.74, 6) is 1.19.